The van der Waals surface area contributed by atoms with Crippen molar-refractivity contribution in [3.63, 3.8) is 0 Å². The summed E-state index contributed by atoms with van der Waals surface area (Å²) in [5.41, 5.74) is 8.17. The number of benzene rings is 1. The van der Waals surface area contributed by atoms with Gasteiger partial charge in [0.05, 0.1) is 17.9 Å². The van der Waals surface area contributed by atoms with Gasteiger partial charge in [-0.3, -0.25) is 4.79 Å². The van der Waals surface area contributed by atoms with E-state index in [2.05, 4.69) is 12.1 Å². The summed E-state index contributed by atoms with van der Waals surface area (Å²) in [7, 11) is 1.98. The van der Waals surface area contributed by atoms with E-state index < -0.39 is 0 Å². The highest BCUT2D eigenvalue weighted by Gasteiger charge is 2.34. The van der Waals surface area contributed by atoms with Crippen LogP contribution in [0.5, 0.6) is 0 Å². The SMILES string of the molecule is CN1CC(=O)N(C2CCC(N)CC2)c2ccccc21. The molecule has 102 valence electrons. The first-order chi connectivity index (χ1) is 9.16. The molecule has 1 heterocycles. The van der Waals surface area contributed by atoms with Gasteiger partial charge >= 0.3 is 0 Å². The maximum absolute atomic E-state index is 12.4. The molecule has 2 N–H and O–H groups in total. The lowest BCUT2D eigenvalue weighted by atomic mass is 9.90. The van der Waals surface area contributed by atoms with Crippen LogP contribution in [0.2, 0.25) is 0 Å². The average molecular weight is 259 g/mol. The first kappa shape index (κ1) is 12.5. The van der Waals surface area contributed by atoms with Crippen LogP contribution in [0.25, 0.3) is 0 Å². The number of para-hydroxylation sites is 2. The standard InChI is InChI=1S/C15H21N3O/c1-17-10-15(19)18(12-8-6-11(16)7-9-12)14-5-3-2-4-13(14)17/h2-5,11-12H,6-10,16H2,1H3. The van der Waals surface area contributed by atoms with Crippen molar-refractivity contribution in [3.8, 4) is 0 Å². The van der Waals surface area contributed by atoms with Crippen LogP contribution in [0.4, 0.5) is 11.4 Å². The minimum atomic E-state index is 0.210. The number of hydrogen-bond donors (Lipinski definition) is 1. The van der Waals surface area contributed by atoms with E-state index in [1.165, 1.54) is 0 Å². The molecule has 1 amide bonds. The molecule has 0 radical (unpaired) electrons. The van der Waals surface area contributed by atoms with Crippen LogP contribution < -0.4 is 15.5 Å². The Kier molecular flexibility index (Phi) is 3.19. The van der Waals surface area contributed by atoms with E-state index in [1.807, 2.05) is 29.0 Å². The predicted molar refractivity (Wildman–Crippen MR) is 77.4 cm³/mol. The first-order valence-corrected chi connectivity index (χ1v) is 7.04. The van der Waals surface area contributed by atoms with Crippen LogP contribution in [0.15, 0.2) is 24.3 Å². The molecule has 1 aromatic carbocycles. The van der Waals surface area contributed by atoms with Crippen LogP contribution in [-0.2, 0) is 4.79 Å². The topological polar surface area (TPSA) is 49.6 Å². The molecule has 0 unspecified atom stereocenters. The lowest BCUT2D eigenvalue weighted by molar-refractivity contribution is -0.118. The van der Waals surface area contributed by atoms with Gasteiger partial charge in [0.1, 0.15) is 0 Å². The molecule has 4 heteroatoms. The third-order valence-electron chi connectivity index (χ3n) is 4.30. The zero-order valence-corrected chi connectivity index (χ0v) is 11.4. The molecule has 1 saturated carbocycles. The van der Waals surface area contributed by atoms with Gasteiger partial charge in [0.15, 0.2) is 0 Å². The third-order valence-corrected chi connectivity index (χ3v) is 4.30. The molecule has 1 aliphatic heterocycles. The molecule has 1 fully saturated rings. The van der Waals surface area contributed by atoms with Gasteiger partial charge in [0.25, 0.3) is 0 Å². The van der Waals surface area contributed by atoms with Gasteiger partial charge in [-0.15, -0.1) is 0 Å². The Morgan fingerprint density at radius 3 is 2.42 bits per heavy atom. The summed E-state index contributed by atoms with van der Waals surface area (Å²) in [6.07, 6.45) is 4.08. The lowest BCUT2D eigenvalue weighted by Gasteiger charge is -2.42. The zero-order valence-electron chi connectivity index (χ0n) is 11.4. The van der Waals surface area contributed by atoms with Crippen molar-refractivity contribution in [3.05, 3.63) is 24.3 Å². The van der Waals surface area contributed by atoms with E-state index in [1.54, 1.807) is 0 Å². The van der Waals surface area contributed by atoms with E-state index in [0.717, 1.165) is 37.1 Å². The second kappa shape index (κ2) is 4.85. The lowest BCUT2D eigenvalue weighted by Crippen LogP contribution is -2.51. The minimum absolute atomic E-state index is 0.210. The molecule has 0 bridgehead atoms. The van der Waals surface area contributed by atoms with Gasteiger partial charge in [0, 0.05) is 19.1 Å². The zero-order chi connectivity index (χ0) is 13.4. The van der Waals surface area contributed by atoms with Crippen molar-refractivity contribution in [1.29, 1.82) is 0 Å². The Balaban J connectivity index is 1.92. The van der Waals surface area contributed by atoms with Crippen LogP contribution in [0.3, 0.4) is 0 Å². The number of fused-ring (bicyclic) bond motifs is 1. The van der Waals surface area contributed by atoms with Gasteiger partial charge in [-0.2, -0.15) is 0 Å². The summed E-state index contributed by atoms with van der Waals surface area (Å²) in [6, 6.07) is 8.81. The van der Waals surface area contributed by atoms with Gasteiger partial charge in [-0.1, -0.05) is 12.1 Å². The van der Waals surface area contributed by atoms with E-state index in [0.29, 0.717) is 18.6 Å². The van der Waals surface area contributed by atoms with Crippen LogP contribution in [0.1, 0.15) is 25.7 Å². The van der Waals surface area contributed by atoms with Gasteiger partial charge in [0.2, 0.25) is 5.91 Å². The Morgan fingerprint density at radius 2 is 1.74 bits per heavy atom. The van der Waals surface area contributed by atoms with Crippen LogP contribution in [0, 0.1) is 0 Å². The Bertz CT molecular complexity index is 480. The molecule has 0 aromatic heterocycles. The van der Waals surface area contributed by atoms with Crippen molar-refractivity contribution < 1.29 is 4.79 Å². The van der Waals surface area contributed by atoms with E-state index in [4.69, 9.17) is 5.73 Å². The van der Waals surface area contributed by atoms with E-state index in [9.17, 15) is 4.79 Å². The van der Waals surface area contributed by atoms with Crippen molar-refractivity contribution in [2.24, 2.45) is 5.73 Å². The highest BCUT2D eigenvalue weighted by atomic mass is 16.2. The Hall–Kier alpha value is -1.55. The molecule has 1 aromatic rings. The number of carbonyl (C=O) groups excluding carboxylic acids is 1. The van der Waals surface area contributed by atoms with Crippen LogP contribution in [-0.4, -0.2) is 31.6 Å². The maximum Gasteiger partial charge on any atom is 0.246 e. The number of hydrogen-bond acceptors (Lipinski definition) is 3. The smallest absolute Gasteiger partial charge is 0.246 e. The quantitative estimate of drug-likeness (QED) is 0.835. The Labute approximate surface area is 114 Å². The molecular weight excluding hydrogens is 238 g/mol. The molecule has 19 heavy (non-hydrogen) atoms. The summed E-state index contributed by atoms with van der Waals surface area (Å²) in [5, 5.41) is 0. The molecule has 2 aliphatic rings. The largest absolute Gasteiger partial charge is 0.364 e. The maximum atomic E-state index is 12.4. The number of amides is 1. The van der Waals surface area contributed by atoms with Gasteiger partial charge < -0.3 is 15.5 Å². The average Bonchev–Trinajstić information content (AvgIpc) is 2.41. The summed E-state index contributed by atoms with van der Waals surface area (Å²) in [4.78, 5) is 16.4. The molecule has 1 aliphatic carbocycles. The number of rotatable bonds is 1. The summed E-state index contributed by atoms with van der Waals surface area (Å²) < 4.78 is 0. The van der Waals surface area contributed by atoms with Crippen molar-refractivity contribution in [2.75, 3.05) is 23.4 Å². The summed E-state index contributed by atoms with van der Waals surface area (Å²) in [6.45, 7) is 0.472. The number of anilines is 2. The van der Waals surface area contributed by atoms with E-state index >= 15 is 0 Å². The highest BCUT2D eigenvalue weighted by molar-refractivity contribution is 6.03. The van der Waals surface area contributed by atoms with Crippen LogP contribution >= 0.6 is 0 Å². The van der Waals surface area contributed by atoms with Crippen molar-refractivity contribution >= 4 is 17.3 Å². The third kappa shape index (κ3) is 2.21. The summed E-state index contributed by atoms with van der Waals surface area (Å²) >= 11 is 0. The number of nitrogens with zero attached hydrogens (tertiary/aromatic N) is 2. The number of likely N-dealkylation sites (N-methyl/N-ethyl adjacent to an activating group) is 1. The second-order valence-corrected chi connectivity index (χ2v) is 5.68. The number of carbonyl (C=O) groups is 1. The molecule has 0 spiro atoms. The number of nitrogens with two attached hydrogens (primary N) is 1. The Morgan fingerprint density at radius 1 is 1.11 bits per heavy atom. The minimum Gasteiger partial charge on any atom is -0.364 e. The fourth-order valence-electron chi connectivity index (χ4n) is 3.25. The molecular formula is C15H21N3O. The molecule has 0 atom stereocenters. The molecule has 3 rings (SSSR count). The fraction of sp³-hybridized carbons (Fsp3) is 0.533. The first-order valence-electron chi connectivity index (χ1n) is 7.04. The monoisotopic (exact) mass is 259 g/mol. The van der Waals surface area contributed by atoms with Gasteiger partial charge in [-0.05, 0) is 37.8 Å². The summed E-state index contributed by atoms with van der Waals surface area (Å²) in [5.74, 6) is 0.210. The predicted octanol–water partition coefficient (Wildman–Crippen LogP) is 1.74. The highest BCUT2D eigenvalue weighted by Crippen LogP contribution is 2.36. The fourth-order valence-corrected chi connectivity index (χ4v) is 3.25. The molecule has 4 nitrogen and oxygen atoms in total. The normalized spacial score (nSPS) is 27.4. The van der Waals surface area contributed by atoms with Gasteiger partial charge in [-0.25, -0.2) is 0 Å². The second-order valence-electron chi connectivity index (χ2n) is 5.68. The van der Waals surface area contributed by atoms with Crippen molar-refractivity contribution in [2.45, 2.75) is 37.8 Å². The van der Waals surface area contributed by atoms with Crippen molar-refractivity contribution in [1.82, 2.24) is 0 Å². The molecule has 0 saturated heterocycles. The van der Waals surface area contributed by atoms with E-state index in [-0.39, 0.29) is 5.91 Å².